The van der Waals surface area contributed by atoms with Crippen molar-refractivity contribution in [2.45, 2.75) is 32.3 Å². The Morgan fingerprint density at radius 3 is 3.06 bits per heavy atom. The number of nitrogens with one attached hydrogen (secondary N) is 1. The topological polar surface area (TPSA) is 95.2 Å². The van der Waals surface area contributed by atoms with Crippen LogP contribution in [0.1, 0.15) is 26.2 Å². The molecule has 0 bridgehead atoms. The lowest BCUT2D eigenvalue weighted by atomic mass is 10.2. The zero-order valence-corrected chi connectivity index (χ0v) is 10.6. The Balaban J connectivity index is 1.91. The Kier molecular flexibility index (Phi) is 4.52. The minimum Gasteiger partial charge on any atom is -0.463 e. The summed E-state index contributed by atoms with van der Waals surface area (Å²) in [5, 5.41) is 3.10. The second kappa shape index (κ2) is 6.34. The van der Waals surface area contributed by atoms with E-state index in [1.54, 1.807) is 0 Å². The van der Waals surface area contributed by atoms with Gasteiger partial charge in [0.1, 0.15) is 0 Å². The van der Waals surface area contributed by atoms with Crippen molar-refractivity contribution in [3.8, 4) is 6.01 Å². The molecule has 1 unspecified atom stereocenters. The Labute approximate surface area is 106 Å². The molecular formula is C11H19N5O2. The quantitative estimate of drug-likeness (QED) is 0.775. The molecule has 0 spiro atoms. The van der Waals surface area contributed by atoms with Gasteiger partial charge in [-0.3, -0.25) is 0 Å². The number of nitrogens with zero attached hydrogens (tertiary/aromatic N) is 3. The van der Waals surface area contributed by atoms with E-state index in [0.29, 0.717) is 19.1 Å². The van der Waals surface area contributed by atoms with Crippen LogP contribution in [0.2, 0.25) is 0 Å². The van der Waals surface area contributed by atoms with E-state index in [1.807, 2.05) is 6.92 Å². The maximum absolute atomic E-state index is 5.60. The van der Waals surface area contributed by atoms with E-state index < -0.39 is 0 Å². The van der Waals surface area contributed by atoms with Gasteiger partial charge in [0.2, 0.25) is 11.9 Å². The van der Waals surface area contributed by atoms with Crippen LogP contribution in [0.15, 0.2) is 0 Å². The summed E-state index contributed by atoms with van der Waals surface area (Å²) in [4.78, 5) is 12.1. The average molecular weight is 253 g/mol. The highest BCUT2D eigenvalue weighted by molar-refractivity contribution is 5.32. The Morgan fingerprint density at radius 2 is 2.33 bits per heavy atom. The molecule has 2 heterocycles. The van der Waals surface area contributed by atoms with E-state index in [9.17, 15) is 0 Å². The molecule has 1 saturated heterocycles. The van der Waals surface area contributed by atoms with Gasteiger partial charge in [0.25, 0.3) is 0 Å². The fraction of sp³-hybridized carbons (Fsp3) is 0.727. The summed E-state index contributed by atoms with van der Waals surface area (Å²) in [5.41, 5.74) is 5.60. The number of rotatable bonds is 6. The summed E-state index contributed by atoms with van der Waals surface area (Å²) in [6.07, 6.45) is 3.29. The lowest BCUT2D eigenvalue weighted by molar-refractivity contribution is 0.120. The number of ether oxygens (including phenoxy) is 2. The first-order valence-electron chi connectivity index (χ1n) is 6.27. The van der Waals surface area contributed by atoms with Crippen molar-refractivity contribution in [3.05, 3.63) is 0 Å². The number of anilines is 2. The molecular weight excluding hydrogens is 234 g/mol. The van der Waals surface area contributed by atoms with Gasteiger partial charge in [0.05, 0.1) is 12.7 Å². The van der Waals surface area contributed by atoms with Gasteiger partial charge < -0.3 is 20.5 Å². The van der Waals surface area contributed by atoms with Gasteiger partial charge in [0.15, 0.2) is 0 Å². The van der Waals surface area contributed by atoms with E-state index in [2.05, 4.69) is 20.3 Å². The van der Waals surface area contributed by atoms with Crippen molar-refractivity contribution >= 4 is 11.9 Å². The highest BCUT2D eigenvalue weighted by Gasteiger charge is 2.15. The lowest BCUT2D eigenvalue weighted by Crippen LogP contribution is -2.20. The molecule has 7 heteroatoms. The number of nitrogens with two attached hydrogens (primary N) is 1. The van der Waals surface area contributed by atoms with Crippen molar-refractivity contribution in [1.82, 2.24) is 15.0 Å². The molecule has 100 valence electrons. The molecule has 0 aliphatic carbocycles. The molecule has 1 fully saturated rings. The number of nitrogen functional groups attached to an aromatic ring is 1. The van der Waals surface area contributed by atoms with Gasteiger partial charge in [0, 0.05) is 13.2 Å². The molecule has 3 N–H and O–H groups in total. The number of hydrogen-bond acceptors (Lipinski definition) is 7. The van der Waals surface area contributed by atoms with Crippen LogP contribution in [0, 0.1) is 0 Å². The van der Waals surface area contributed by atoms with Crippen LogP contribution in [-0.2, 0) is 4.74 Å². The number of hydrogen-bond donors (Lipinski definition) is 2. The summed E-state index contributed by atoms with van der Waals surface area (Å²) >= 11 is 0. The first kappa shape index (κ1) is 12.8. The fourth-order valence-corrected chi connectivity index (χ4v) is 1.72. The minimum absolute atomic E-state index is 0.158. The van der Waals surface area contributed by atoms with Gasteiger partial charge in [-0.05, 0) is 19.3 Å². The highest BCUT2D eigenvalue weighted by atomic mass is 16.5. The van der Waals surface area contributed by atoms with Crippen LogP contribution in [0.3, 0.4) is 0 Å². The molecule has 0 saturated carbocycles. The third-order valence-corrected chi connectivity index (χ3v) is 2.58. The summed E-state index contributed by atoms with van der Waals surface area (Å²) in [7, 11) is 0. The number of aromatic nitrogens is 3. The summed E-state index contributed by atoms with van der Waals surface area (Å²) < 4.78 is 10.8. The molecule has 0 amide bonds. The molecule has 1 aliphatic rings. The minimum atomic E-state index is 0.158. The van der Waals surface area contributed by atoms with Gasteiger partial charge in [-0.1, -0.05) is 6.92 Å². The third-order valence-electron chi connectivity index (χ3n) is 2.58. The van der Waals surface area contributed by atoms with Gasteiger partial charge in [-0.15, -0.1) is 0 Å². The molecule has 1 aliphatic heterocycles. The third kappa shape index (κ3) is 3.69. The predicted molar refractivity (Wildman–Crippen MR) is 67.5 cm³/mol. The fourth-order valence-electron chi connectivity index (χ4n) is 1.72. The molecule has 0 radical (unpaired) electrons. The van der Waals surface area contributed by atoms with E-state index >= 15 is 0 Å². The molecule has 7 nitrogen and oxygen atoms in total. The first-order chi connectivity index (χ1) is 8.78. The van der Waals surface area contributed by atoms with Crippen LogP contribution in [-0.4, -0.2) is 40.8 Å². The van der Waals surface area contributed by atoms with Crippen LogP contribution >= 0.6 is 0 Å². The Morgan fingerprint density at radius 1 is 1.44 bits per heavy atom. The van der Waals surface area contributed by atoms with Gasteiger partial charge >= 0.3 is 6.01 Å². The molecule has 18 heavy (non-hydrogen) atoms. The zero-order chi connectivity index (χ0) is 12.8. The Bertz CT molecular complexity index is 382. The van der Waals surface area contributed by atoms with Crippen molar-refractivity contribution in [2.24, 2.45) is 0 Å². The summed E-state index contributed by atoms with van der Waals surface area (Å²) in [5.74, 6) is 0.593. The van der Waals surface area contributed by atoms with E-state index in [4.69, 9.17) is 15.2 Å². The largest absolute Gasteiger partial charge is 0.463 e. The summed E-state index contributed by atoms with van der Waals surface area (Å²) in [6, 6.07) is 0.263. The SMILES string of the molecule is CCCOc1nc(N)nc(NCC2CCCO2)n1. The van der Waals surface area contributed by atoms with Crippen molar-refractivity contribution < 1.29 is 9.47 Å². The molecule has 0 aromatic carbocycles. The molecule has 2 rings (SSSR count). The van der Waals surface area contributed by atoms with E-state index in [0.717, 1.165) is 25.9 Å². The maximum atomic E-state index is 5.60. The van der Waals surface area contributed by atoms with E-state index in [1.165, 1.54) is 0 Å². The van der Waals surface area contributed by atoms with Crippen molar-refractivity contribution in [3.63, 3.8) is 0 Å². The zero-order valence-electron chi connectivity index (χ0n) is 10.6. The van der Waals surface area contributed by atoms with Crippen LogP contribution in [0.5, 0.6) is 6.01 Å². The van der Waals surface area contributed by atoms with Crippen molar-refractivity contribution in [1.29, 1.82) is 0 Å². The predicted octanol–water partition coefficient (Wildman–Crippen LogP) is 0.833. The molecule has 1 aromatic heterocycles. The molecule has 1 aromatic rings. The lowest BCUT2D eigenvalue weighted by Gasteiger charge is -2.11. The van der Waals surface area contributed by atoms with Crippen molar-refractivity contribution in [2.75, 3.05) is 30.8 Å². The van der Waals surface area contributed by atoms with Crippen LogP contribution in [0.4, 0.5) is 11.9 Å². The summed E-state index contributed by atoms with van der Waals surface area (Å²) in [6.45, 7) is 4.09. The Hall–Kier alpha value is -1.63. The first-order valence-corrected chi connectivity index (χ1v) is 6.27. The monoisotopic (exact) mass is 253 g/mol. The second-order valence-corrected chi connectivity index (χ2v) is 4.16. The second-order valence-electron chi connectivity index (χ2n) is 4.16. The van der Waals surface area contributed by atoms with Gasteiger partial charge in [-0.25, -0.2) is 0 Å². The smallest absolute Gasteiger partial charge is 0.323 e. The average Bonchev–Trinajstić information content (AvgIpc) is 2.86. The maximum Gasteiger partial charge on any atom is 0.323 e. The van der Waals surface area contributed by atoms with Gasteiger partial charge in [-0.2, -0.15) is 15.0 Å². The molecule has 1 atom stereocenters. The van der Waals surface area contributed by atoms with Crippen LogP contribution in [0.25, 0.3) is 0 Å². The highest BCUT2D eigenvalue weighted by Crippen LogP contribution is 2.13. The van der Waals surface area contributed by atoms with Crippen LogP contribution < -0.4 is 15.8 Å². The normalized spacial score (nSPS) is 18.8. The van der Waals surface area contributed by atoms with E-state index in [-0.39, 0.29) is 18.1 Å². The standard InChI is InChI=1S/C11H19N5O2/c1-2-5-18-11-15-9(12)14-10(16-11)13-7-8-4-3-6-17-8/h8H,2-7H2,1H3,(H3,12,13,14,15,16).